The molecule has 27 heavy (non-hydrogen) atoms. The van der Waals surface area contributed by atoms with Crippen LogP contribution >= 0.6 is 0 Å². The Bertz CT molecular complexity index is 825. The first-order valence-corrected chi connectivity index (χ1v) is 9.00. The molecule has 1 heterocycles. The fourth-order valence-electron chi connectivity index (χ4n) is 3.70. The van der Waals surface area contributed by atoms with Crippen LogP contribution in [0, 0.1) is 23.0 Å². The molecule has 0 unspecified atom stereocenters. The Morgan fingerprint density at radius 3 is 2.63 bits per heavy atom. The van der Waals surface area contributed by atoms with Crippen molar-refractivity contribution in [3.63, 3.8) is 0 Å². The van der Waals surface area contributed by atoms with E-state index in [0.29, 0.717) is 29.6 Å². The van der Waals surface area contributed by atoms with Crippen LogP contribution in [0.15, 0.2) is 48.5 Å². The molecule has 0 bridgehead atoms. The van der Waals surface area contributed by atoms with E-state index < -0.39 is 4.92 Å². The Labute approximate surface area is 158 Å². The molecule has 1 fully saturated rings. The second-order valence-electron chi connectivity index (χ2n) is 7.01. The number of hydrogen-bond donors (Lipinski definition) is 2. The zero-order valence-electron chi connectivity index (χ0n) is 15.3. The summed E-state index contributed by atoms with van der Waals surface area (Å²) in [4.78, 5) is 25.0. The van der Waals surface area contributed by atoms with E-state index in [2.05, 4.69) is 22.3 Å². The SMILES string of the molecule is Cc1cc([N+](=O)[O-])ccc1NC(=O)CN1C[C@@H](CN)[C@H](c2ccccc2)C1. The number of carbonyl (C=O) groups excluding carboxylic acids is 1. The highest BCUT2D eigenvalue weighted by atomic mass is 16.6. The highest BCUT2D eigenvalue weighted by molar-refractivity contribution is 5.93. The molecule has 0 aliphatic carbocycles. The molecule has 1 aliphatic heterocycles. The lowest BCUT2D eigenvalue weighted by Gasteiger charge is -2.17. The number of nitrogens with one attached hydrogen (secondary N) is 1. The van der Waals surface area contributed by atoms with Gasteiger partial charge in [-0.15, -0.1) is 0 Å². The van der Waals surface area contributed by atoms with Gasteiger partial charge in [-0.2, -0.15) is 0 Å². The number of amides is 1. The van der Waals surface area contributed by atoms with Crippen molar-refractivity contribution in [1.82, 2.24) is 4.90 Å². The standard InChI is InChI=1S/C20H24N4O3/c1-14-9-17(24(26)27)7-8-19(14)22-20(25)13-23-11-16(10-21)18(12-23)15-5-3-2-4-6-15/h2-9,16,18H,10-13,21H2,1H3,(H,22,25)/t16-,18+/m1/s1. The van der Waals surface area contributed by atoms with Crippen LogP contribution < -0.4 is 11.1 Å². The van der Waals surface area contributed by atoms with Gasteiger partial charge in [-0.3, -0.25) is 19.8 Å². The fourth-order valence-corrected chi connectivity index (χ4v) is 3.70. The van der Waals surface area contributed by atoms with Crippen LogP contribution in [-0.2, 0) is 4.79 Å². The van der Waals surface area contributed by atoms with Gasteiger partial charge < -0.3 is 11.1 Å². The Hall–Kier alpha value is -2.77. The summed E-state index contributed by atoms with van der Waals surface area (Å²) in [5, 5.41) is 13.7. The van der Waals surface area contributed by atoms with Gasteiger partial charge >= 0.3 is 0 Å². The van der Waals surface area contributed by atoms with E-state index in [4.69, 9.17) is 5.73 Å². The van der Waals surface area contributed by atoms with Crippen LogP contribution in [0.3, 0.4) is 0 Å². The number of nitrogens with zero attached hydrogens (tertiary/aromatic N) is 2. The molecule has 7 heteroatoms. The van der Waals surface area contributed by atoms with Crippen LogP contribution in [0.2, 0.25) is 0 Å². The quantitative estimate of drug-likeness (QED) is 0.603. The molecule has 0 radical (unpaired) electrons. The molecule has 1 saturated heterocycles. The number of hydrogen-bond acceptors (Lipinski definition) is 5. The number of rotatable bonds is 6. The normalized spacial score (nSPS) is 19.8. The Balaban J connectivity index is 1.62. The van der Waals surface area contributed by atoms with Crippen LogP contribution in [0.25, 0.3) is 0 Å². The topological polar surface area (TPSA) is 102 Å². The van der Waals surface area contributed by atoms with Crippen molar-refractivity contribution in [1.29, 1.82) is 0 Å². The zero-order chi connectivity index (χ0) is 19.4. The van der Waals surface area contributed by atoms with Crippen molar-refractivity contribution in [2.24, 2.45) is 11.7 Å². The van der Waals surface area contributed by atoms with Gasteiger partial charge in [0, 0.05) is 36.8 Å². The molecule has 1 aliphatic rings. The summed E-state index contributed by atoms with van der Waals surface area (Å²) in [6.07, 6.45) is 0. The van der Waals surface area contributed by atoms with Crippen LogP contribution in [0.4, 0.5) is 11.4 Å². The van der Waals surface area contributed by atoms with Crippen molar-refractivity contribution in [3.05, 3.63) is 69.8 Å². The van der Waals surface area contributed by atoms with Gasteiger partial charge in [0.05, 0.1) is 11.5 Å². The predicted molar refractivity (Wildman–Crippen MR) is 105 cm³/mol. The molecule has 2 aromatic carbocycles. The van der Waals surface area contributed by atoms with E-state index in [1.54, 1.807) is 13.0 Å². The number of nitrogens with two attached hydrogens (primary N) is 1. The third-order valence-electron chi connectivity index (χ3n) is 5.11. The first-order valence-electron chi connectivity index (χ1n) is 9.00. The van der Waals surface area contributed by atoms with Crippen molar-refractivity contribution in [2.45, 2.75) is 12.8 Å². The van der Waals surface area contributed by atoms with E-state index in [1.165, 1.54) is 17.7 Å². The van der Waals surface area contributed by atoms with Gasteiger partial charge in [-0.1, -0.05) is 30.3 Å². The number of aryl methyl sites for hydroxylation is 1. The second kappa shape index (κ2) is 8.28. The van der Waals surface area contributed by atoms with Gasteiger partial charge in [-0.05, 0) is 36.6 Å². The molecule has 2 aromatic rings. The third-order valence-corrected chi connectivity index (χ3v) is 5.11. The zero-order valence-corrected chi connectivity index (χ0v) is 15.3. The Morgan fingerprint density at radius 1 is 1.26 bits per heavy atom. The lowest BCUT2D eigenvalue weighted by molar-refractivity contribution is -0.384. The smallest absolute Gasteiger partial charge is 0.269 e. The molecular weight excluding hydrogens is 344 g/mol. The van der Waals surface area contributed by atoms with Crippen LogP contribution in [0.5, 0.6) is 0 Å². The third kappa shape index (κ3) is 4.50. The van der Waals surface area contributed by atoms with E-state index in [-0.39, 0.29) is 18.1 Å². The Kier molecular flexibility index (Phi) is 5.83. The van der Waals surface area contributed by atoms with Crippen molar-refractivity contribution in [2.75, 3.05) is 31.5 Å². The lowest BCUT2D eigenvalue weighted by atomic mass is 9.89. The molecule has 7 nitrogen and oxygen atoms in total. The first-order chi connectivity index (χ1) is 13.0. The maximum atomic E-state index is 12.5. The van der Waals surface area contributed by atoms with E-state index in [0.717, 1.165) is 13.1 Å². The highest BCUT2D eigenvalue weighted by Crippen LogP contribution is 2.32. The molecule has 0 saturated carbocycles. The van der Waals surface area contributed by atoms with Crippen LogP contribution in [0.1, 0.15) is 17.0 Å². The lowest BCUT2D eigenvalue weighted by Crippen LogP contribution is -2.32. The van der Waals surface area contributed by atoms with Crippen LogP contribution in [-0.4, -0.2) is 41.9 Å². The number of nitro benzene ring substituents is 1. The van der Waals surface area contributed by atoms with Gasteiger partial charge in [0.15, 0.2) is 0 Å². The first kappa shape index (κ1) is 19.0. The summed E-state index contributed by atoms with van der Waals surface area (Å²) in [5.41, 5.74) is 8.49. The van der Waals surface area contributed by atoms with Crippen molar-refractivity contribution >= 4 is 17.3 Å². The molecule has 142 valence electrons. The monoisotopic (exact) mass is 368 g/mol. The summed E-state index contributed by atoms with van der Waals surface area (Å²) in [7, 11) is 0. The number of benzene rings is 2. The molecule has 3 rings (SSSR count). The van der Waals surface area contributed by atoms with Gasteiger partial charge in [-0.25, -0.2) is 0 Å². The molecule has 0 spiro atoms. The predicted octanol–water partition coefficient (Wildman–Crippen LogP) is 2.52. The maximum Gasteiger partial charge on any atom is 0.269 e. The summed E-state index contributed by atoms with van der Waals surface area (Å²) >= 11 is 0. The highest BCUT2D eigenvalue weighted by Gasteiger charge is 2.33. The fraction of sp³-hybridized carbons (Fsp3) is 0.350. The number of carbonyl (C=O) groups is 1. The van der Waals surface area contributed by atoms with Crippen molar-refractivity contribution in [3.8, 4) is 0 Å². The minimum absolute atomic E-state index is 0.0153. The molecule has 2 atom stereocenters. The summed E-state index contributed by atoms with van der Waals surface area (Å²) < 4.78 is 0. The Morgan fingerprint density at radius 2 is 2.00 bits per heavy atom. The number of non-ortho nitro benzene ring substituents is 1. The largest absolute Gasteiger partial charge is 0.330 e. The summed E-state index contributed by atoms with van der Waals surface area (Å²) in [5.74, 6) is 0.517. The molecule has 0 aromatic heterocycles. The minimum Gasteiger partial charge on any atom is -0.330 e. The average molecular weight is 368 g/mol. The molecule has 1 amide bonds. The summed E-state index contributed by atoms with van der Waals surface area (Å²) in [6.45, 7) is 4.17. The van der Waals surface area contributed by atoms with Gasteiger partial charge in [0.2, 0.25) is 5.91 Å². The van der Waals surface area contributed by atoms with E-state index >= 15 is 0 Å². The second-order valence-corrected chi connectivity index (χ2v) is 7.01. The van der Waals surface area contributed by atoms with E-state index in [1.807, 2.05) is 18.2 Å². The molecular formula is C20H24N4O3. The minimum atomic E-state index is -0.445. The number of nitro groups is 1. The summed E-state index contributed by atoms with van der Waals surface area (Å²) in [6, 6.07) is 14.7. The molecule has 3 N–H and O–H groups in total. The maximum absolute atomic E-state index is 12.5. The van der Waals surface area contributed by atoms with Gasteiger partial charge in [0.25, 0.3) is 5.69 Å². The number of anilines is 1. The van der Waals surface area contributed by atoms with Crippen molar-refractivity contribution < 1.29 is 9.72 Å². The average Bonchev–Trinajstić information content (AvgIpc) is 3.06. The van der Waals surface area contributed by atoms with Gasteiger partial charge in [0.1, 0.15) is 0 Å². The number of likely N-dealkylation sites (tertiary alicyclic amines) is 1. The van der Waals surface area contributed by atoms with E-state index in [9.17, 15) is 14.9 Å².